The van der Waals surface area contributed by atoms with Crippen molar-refractivity contribution in [1.29, 1.82) is 0 Å². The van der Waals surface area contributed by atoms with Crippen LogP contribution in [0.4, 0.5) is 4.79 Å². The predicted octanol–water partition coefficient (Wildman–Crippen LogP) is 3.31. The highest BCUT2D eigenvalue weighted by atomic mass is 16.5. The number of carbonyl (C=O) groups is 3. The number of rotatable bonds is 7. The largest absolute Gasteiger partial charge is 0.481 e. The van der Waals surface area contributed by atoms with Crippen molar-refractivity contribution in [1.82, 2.24) is 15.1 Å². The fourth-order valence-electron chi connectivity index (χ4n) is 5.11. The third-order valence-electron chi connectivity index (χ3n) is 7.25. The van der Waals surface area contributed by atoms with Crippen LogP contribution in [0, 0.1) is 0 Å². The lowest BCUT2D eigenvalue weighted by atomic mass is 9.98. The molecule has 3 atom stereocenters. The summed E-state index contributed by atoms with van der Waals surface area (Å²) in [6.07, 6.45) is -0.933. The third kappa shape index (κ3) is 5.32. The SMILES string of the molecule is C[C@@H]1CN(C(=O)C(CCC(=O)O)NC(=O)OCC2c3ccccc3-c3ccccc32)C[C@H](C)N1C. The van der Waals surface area contributed by atoms with Gasteiger partial charge in [0.25, 0.3) is 0 Å². The zero-order valence-electron chi connectivity index (χ0n) is 20.4. The Morgan fingerprint density at radius 2 is 1.54 bits per heavy atom. The van der Waals surface area contributed by atoms with E-state index in [1.54, 1.807) is 4.90 Å². The van der Waals surface area contributed by atoms with Crippen LogP contribution in [0.3, 0.4) is 0 Å². The molecule has 0 aromatic heterocycles. The van der Waals surface area contributed by atoms with Crippen molar-refractivity contribution in [3.05, 3.63) is 59.7 Å². The van der Waals surface area contributed by atoms with Gasteiger partial charge in [0.2, 0.25) is 5.91 Å². The molecule has 186 valence electrons. The fraction of sp³-hybridized carbons (Fsp3) is 0.444. The summed E-state index contributed by atoms with van der Waals surface area (Å²) in [5.41, 5.74) is 4.45. The second kappa shape index (κ2) is 10.5. The van der Waals surface area contributed by atoms with Crippen molar-refractivity contribution in [2.45, 2.75) is 50.7 Å². The van der Waals surface area contributed by atoms with Crippen LogP contribution in [0.25, 0.3) is 11.1 Å². The number of fused-ring (bicyclic) bond motifs is 3. The van der Waals surface area contributed by atoms with Crippen molar-refractivity contribution in [3.8, 4) is 11.1 Å². The Morgan fingerprint density at radius 1 is 1.00 bits per heavy atom. The van der Waals surface area contributed by atoms with Gasteiger partial charge >= 0.3 is 12.1 Å². The smallest absolute Gasteiger partial charge is 0.407 e. The molecule has 2 aliphatic rings. The summed E-state index contributed by atoms with van der Waals surface area (Å²) < 4.78 is 5.60. The Labute approximate surface area is 205 Å². The van der Waals surface area contributed by atoms with Crippen LogP contribution < -0.4 is 5.32 Å². The lowest BCUT2D eigenvalue weighted by Gasteiger charge is -2.43. The number of hydrogen-bond acceptors (Lipinski definition) is 5. The maximum atomic E-state index is 13.3. The monoisotopic (exact) mass is 479 g/mol. The molecule has 8 nitrogen and oxygen atoms in total. The quantitative estimate of drug-likeness (QED) is 0.632. The van der Waals surface area contributed by atoms with Gasteiger partial charge in [-0.2, -0.15) is 0 Å². The van der Waals surface area contributed by atoms with Crippen LogP contribution in [-0.2, 0) is 14.3 Å². The van der Waals surface area contributed by atoms with E-state index in [9.17, 15) is 14.4 Å². The van der Waals surface area contributed by atoms with E-state index in [2.05, 4.69) is 22.3 Å². The van der Waals surface area contributed by atoms with E-state index in [1.165, 1.54) is 0 Å². The molecule has 0 bridgehead atoms. The summed E-state index contributed by atoms with van der Waals surface area (Å²) in [5.74, 6) is -1.38. The van der Waals surface area contributed by atoms with E-state index in [0.717, 1.165) is 22.3 Å². The lowest BCUT2D eigenvalue weighted by Crippen LogP contribution is -2.60. The van der Waals surface area contributed by atoms with Gasteiger partial charge in [-0.3, -0.25) is 14.5 Å². The summed E-state index contributed by atoms with van der Waals surface area (Å²) in [4.78, 5) is 41.2. The van der Waals surface area contributed by atoms with Gasteiger partial charge in [0, 0.05) is 37.5 Å². The molecule has 0 saturated carbocycles. The molecule has 2 aromatic carbocycles. The van der Waals surface area contributed by atoms with Gasteiger partial charge in [0.15, 0.2) is 0 Å². The molecule has 35 heavy (non-hydrogen) atoms. The second-order valence-electron chi connectivity index (χ2n) is 9.56. The molecule has 1 heterocycles. The van der Waals surface area contributed by atoms with Gasteiger partial charge in [0.1, 0.15) is 12.6 Å². The number of nitrogens with zero attached hydrogens (tertiary/aromatic N) is 2. The summed E-state index contributed by atoms with van der Waals surface area (Å²) >= 11 is 0. The van der Waals surface area contributed by atoms with E-state index in [-0.39, 0.29) is 43.4 Å². The second-order valence-corrected chi connectivity index (χ2v) is 9.56. The van der Waals surface area contributed by atoms with Gasteiger partial charge < -0.3 is 20.1 Å². The summed E-state index contributed by atoms with van der Waals surface area (Å²) in [7, 11) is 2.02. The predicted molar refractivity (Wildman–Crippen MR) is 132 cm³/mol. The third-order valence-corrected chi connectivity index (χ3v) is 7.25. The number of aliphatic carboxylic acids is 1. The Kier molecular flexibility index (Phi) is 7.40. The van der Waals surface area contributed by atoms with Crippen molar-refractivity contribution in [3.63, 3.8) is 0 Å². The average molecular weight is 480 g/mol. The van der Waals surface area contributed by atoms with Crippen LogP contribution in [0.1, 0.15) is 43.7 Å². The first-order chi connectivity index (χ1) is 16.8. The highest BCUT2D eigenvalue weighted by Gasteiger charge is 2.34. The Morgan fingerprint density at radius 3 is 2.09 bits per heavy atom. The first-order valence-electron chi connectivity index (χ1n) is 12.1. The van der Waals surface area contributed by atoms with Crippen molar-refractivity contribution in [2.75, 3.05) is 26.7 Å². The number of nitrogens with one attached hydrogen (secondary N) is 1. The number of alkyl carbamates (subject to hydrolysis) is 1. The molecule has 2 N–H and O–H groups in total. The minimum atomic E-state index is -1.02. The zero-order valence-corrected chi connectivity index (χ0v) is 20.4. The van der Waals surface area contributed by atoms with Crippen LogP contribution in [0.2, 0.25) is 0 Å². The summed E-state index contributed by atoms with van der Waals surface area (Å²) in [5, 5.41) is 11.8. The molecular weight excluding hydrogens is 446 g/mol. The number of carboxylic acid groups (broad SMARTS) is 1. The topological polar surface area (TPSA) is 99.2 Å². The van der Waals surface area contributed by atoms with Gasteiger partial charge in [-0.15, -0.1) is 0 Å². The minimum absolute atomic E-state index is 0.00740. The molecule has 0 radical (unpaired) electrons. The maximum Gasteiger partial charge on any atom is 0.407 e. The Hall–Kier alpha value is -3.39. The van der Waals surface area contributed by atoms with E-state index in [0.29, 0.717) is 13.1 Å². The van der Waals surface area contributed by atoms with Gasteiger partial charge in [-0.1, -0.05) is 48.5 Å². The van der Waals surface area contributed by atoms with E-state index in [4.69, 9.17) is 9.84 Å². The number of piperazine rings is 1. The molecular formula is C27H33N3O5. The van der Waals surface area contributed by atoms with E-state index < -0.39 is 18.1 Å². The van der Waals surface area contributed by atoms with E-state index in [1.807, 2.05) is 57.3 Å². The minimum Gasteiger partial charge on any atom is -0.481 e. The summed E-state index contributed by atoms with van der Waals surface area (Å²) in [6, 6.07) is 15.5. The summed E-state index contributed by atoms with van der Waals surface area (Å²) in [6.45, 7) is 5.26. The number of likely N-dealkylation sites (N-methyl/N-ethyl adjacent to an activating group) is 1. The first-order valence-corrected chi connectivity index (χ1v) is 12.1. The zero-order chi connectivity index (χ0) is 25.1. The molecule has 1 aliphatic carbocycles. The van der Waals surface area contributed by atoms with Gasteiger partial charge in [-0.25, -0.2) is 4.79 Å². The van der Waals surface area contributed by atoms with Crippen molar-refractivity contribution >= 4 is 18.0 Å². The maximum absolute atomic E-state index is 13.3. The molecule has 1 fully saturated rings. The van der Waals surface area contributed by atoms with Gasteiger partial charge in [-0.05, 0) is 49.6 Å². The molecule has 2 amide bonds. The molecule has 1 saturated heterocycles. The molecule has 0 spiro atoms. The van der Waals surface area contributed by atoms with Crippen LogP contribution in [0.5, 0.6) is 0 Å². The fourth-order valence-corrected chi connectivity index (χ4v) is 5.11. The normalized spacial score (nSPS) is 20.6. The molecule has 2 aromatic rings. The molecule has 1 unspecified atom stereocenters. The van der Waals surface area contributed by atoms with Crippen molar-refractivity contribution in [2.24, 2.45) is 0 Å². The number of amides is 2. The van der Waals surface area contributed by atoms with Crippen molar-refractivity contribution < 1.29 is 24.2 Å². The van der Waals surface area contributed by atoms with E-state index >= 15 is 0 Å². The molecule has 8 heteroatoms. The average Bonchev–Trinajstić information content (AvgIpc) is 3.16. The molecule has 1 aliphatic heterocycles. The number of carbonyl (C=O) groups excluding carboxylic acids is 2. The first kappa shape index (κ1) is 24.7. The number of hydrogen-bond donors (Lipinski definition) is 2. The molecule has 4 rings (SSSR count). The number of carboxylic acids is 1. The number of ether oxygens (including phenoxy) is 1. The Balaban J connectivity index is 1.43. The highest BCUT2D eigenvalue weighted by Crippen LogP contribution is 2.44. The number of benzene rings is 2. The van der Waals surface area contributed by atoms with Crippen LogP contribution in [0.15, 0.2) is 48.5 Å². The lowest BCUT2D eigenvalue weighted by molar-refractivity contribution is -0.139. The van der Waals surface area contributed by atoms with Crippen LogP contribution in [-0.4, -0.2) is 77.7 Å². The highest BCUT2D eigenvalue weighted by molar-refractivity contribution is 5.86. The standard InChI is InChI=1S/C27H33N3O5/c1-17-14-30(15-18(2)29(17)3)26(33)24(12-13-25(31)32)28-27(34)35-16-23-21-10-6-4-8-19(21)20-9-5-7-11-22(20)23/h4-11,17-18,23-24H,12-16H2,1-3H3,(H,28,34)(H,31,32)/t17-,18+,24?. The van der Waals surface area contributed by atoms with Crippen LogP contribution >= 0.6 is 0 Å². The van der Waals surface area contributed by atoms with Gasteiger partial charge in [0.05, 0.1) is 0 Å². The Bertz CT molecular complexity index is 1050.